The summed E-state index contributed by atoms with van der Waals surface area (Å²) in [5.41, 5.74) is -2.59. The van der Waals surface area contributed by atoms with Crippen molar-refractivity contribution in [3.63, 3.8) is 0 Å². The number of rotatable bonds is 4. The molecular formula is C23H15Cl2F3N2O4S. The van der Waals surface area contributed by atoms with Gasteiger partial charge in [0.25, 0.3) is 5.56 Å². The van der Waals surface area contributed by atoms with Gasteiger partial charge >= 0.3 is 12.1 Å². The Morgan fingerprint density at radius 1 is 1.20 bits per heavy atom. The number of hydrogen-bond donors (Lipinski definition) is 1. The van der Waals surface area contributed by atoms with E-state index in [-0.39, 0.29) is 37.8 Å². The Hall–Kier alpha value is -3.08. The highest BCUT2D eigenvalue weighted by molar-refractivity contribution is 7.07. The molecule has 2 heterocycles. The zero-order valence-electron chi connectivity index (χ0n) is 17.8. The first kappa shape index (κ1) is 25.0. The number of phenolic OH excluding ortho intramolecular Hbond substituents is 1. The van der Waals surface area contributed by atoms with Gasteiger partial charge in [0.1, 0.15) is 5.75 Å². The van der Waals surface area contributed by atoms with E-state index in [4.69, 9.17) is 27.9 Å². The lowest BCUT2D eigenvalue weighted by atomic mass is 9.95. The van der Waals surface area contributed by atoms with Crippen LogP contribution >= 0.6 is 34.5 Å². The predicted octanol–water partition coefficient (Wildman–Crippen LogP) is 4.35. The number of benzene rings is 2. The van der Waals surface area contributed by atoms with Gasteiger partial charge in [0.05, 0.1) is 22.8 Å². The molecule has 0 bridgehead atoms. The Balaban J connectivity index is 2.07. The molecule has 1 N–H and O–H groups in total. The number of carbonyl (C=O) groups excluding carboxylic acids is 1. The number of thiazole rings is 1. The Morgan fingerprint density at radius 2 is 1.86 bits per heavy atom. The average molecular weight is 543 g/mol. The van der Waals surface area contributed by atoms with Gasteiger partial charge in [0.2, 0.25) is 0 Å². The number of nitrogens with zero attached hydrogens (tertiary/aromatic N) is 2. The first-order chi connectivity index (χ1) is 16.5. The van der Waals surface area contributed by atoms with E-state index < -0.39 is 35.0 Å². The number of phenols is 1. The minimum Gasteiger partial charge on any atom is -0.507 e. The molecule has 0 saturated carbocycles. The minimum absolute atomic E-state index is 0.0214. The number of hydrogen-bond acceptors (Lipinski definition) is 6. The van der Waals surface area contributed by atoms with E-state index in [9.17, 15) is 27.9 Å². The highest BCUT2D eigenvalue weighted by Gasteiger charge is 2.45. The zero-order valence-corrected chi connectivity index (χ0v) is 20.1. The minimum atomic E-state index is -5.01. The fourth-order valence-corrected chi connectivity index (χ4v) is 4.88. The topological polar surface area (TPSA) is 80.9 Å². The van der Waals surface area contributed by atoms with E-state index in [1.165, 1.54) is 55.5 Å². The molecule has 1 aromatic heterocycles. The summed E-state index contributed by atoms with van der Waals surface area (Å²) in [4.78, 5) is 29.6. The number of ether oxygens (including phenoxy) is 1. The third-order valence-corrected chi connectivity index (χ3v) is 6.53. The lowest BCUT2D eigenvalue weighted by Crippen LogP contribution is -2.41. The van der Waals surface area contributed by atoms with Crippen molar-refractivity contribution in [2.75, 3.05) is 6.61 Å². The lowest BCUT2D eigenvalue weighted by molar-refractivity contribution is -0.140. The number of alkyl halides is 3. The third-order valence-electron chi connectivity index (χ3n) is 5.06. The van der Waals surface area contributed by atoms with E-state index >= 15 is 0 Å². The molecule has 0 aliphatic carbocycles. The maximum atomic E-state index is 14.1. The molecule has 1 aliphatic heterocycles. The molecule has 1 aliphatic rings. The Kier molecular flexibility index (Phi) is 6.81. The van der Waals surface area contributed by atoms with Gasteiger partial charge in [0.15, 0.2) is 10.5 Å². The third kappa shape index (κ3) is 4.86. The van der Waals surface area contributed by atoms with Gasteiger partial charge in [-0.1, -0.05) is 46.7 Å². The van der Waals surface area contributed by atoms with Crippen molar-refractivity contribution < 1.29 is 27.8 Å². The van der Waals surface area contributed by atoms with Gasteiger partial charge in [-0.3, -0.25) is 9.36 Å². The fraction of sp³-hybridized carbons (Fsp3) is 0.174. The van der Waals surface area contributed by atoms with Gasteiger partial charge in [0, 0.05) is 15.6 Å². The van der Waals surface area contributed by atoms with Crippen molar-refractivity contribution in [2.24, 2.45) is 4.99 Å². The number of aromatic nitrogens is 1. The molecule has 35 heavy (non-hydrogen) atoms. The number of allylic oxidation sites excluding steroid dienone is 1. The molecule has 182 valence electrons. The van der Waals surface area contributed by atoms with Gasteiger partial charge < -0.3 is 9.84 Å². The van der Waals surface area contributed by atoms with Crippen LogP contribution in [0.3, 0.4) is 0 Å². The van der Waals surface area contributed by atoms with Crippen molar-refractivity contribution in [1.82, 2.24) is 4.57 Å². The van der Waals surface area contributed by atoms with Gasteiger partial charge in [-0.15, -0.1) is 0 Å². The van der Waals surface area contributed by atoms with Crippen LogP contribution in [0.25, 0.3) is 6.08 Å². The molecule has 12 heteroatoms. The number of carbonyl (C=O) groups is 1. The van der Waals surface area contributed by atoms with Crippen molar-refractivity contribution >= 4 is 46.6 Å². The summed E-state index contributed by atoms with van der Waals surface area (Å²) in [7, 11) is 0. The molecule has 0 fully saturated rings. The van der Waals surface area contributed by atoms with Crippen LogP contribution in [-0.2, 0) is 9.53 Å². The van der Waals surface area contributed by atoms with E-state index in [2.05, 4.69) is 4.99 Å². The second kappa shape index (κ2) is 9.52. The molecule has 0 unspecified atom stereocenters. The summed E-state index contributed by atoms with van der Waals surface area (Å²) in [6.07, 6.45) is -3.71. The number of aromatic hydroxyl groups is 1. The highest BCUT2D eigenvalue weighted by atomic mass is 35.5. The van der Waals surface area contributed by atoms with Crippen LogP contribution in [0.15, 0.2) is 63.5 Å². The summed E-state index contributed by atoms with van der Waals surface area (Å²) in [6, 6.07) is 8.41. The van der Waals surface area contributed by atoms with E-state index in [0.29, 0.717) is 16.4 Å². The van der Waals surface area contributed by atoms with Crippen LogP contribution in [0.1, 0.15) is 24.1 Å². The Labute approximate surface area is 209 Å². The van der Waals surface area contributed by atoms with Gasteiger partial charge in [-0.05, 0) is 48.9 Å². The van der Waals surface area contributed by atoms with Gasteiger partial charge in [-0.2, -0.15) is 13.2 Å². The summed E-state index contributed by atoms with van der Waals surface area (Å²) in [5.74, 6) is -1.43. The van der Waals surface area contributed by atoms with E-state index in [1.54, 1.807) is 0 Å². The molecule has 6 nitrogen and oxygen atoms in total. The van der Waals surface area contributed by atoms with Crippen molar-refractivity contribution in [1.29, 1.82) is 0 Å². The maximum Gasteiger partial charge on any atom is 0.434 e. The van der Waals surface area contributed by atoms with Crippen molar-refractivity contribution in [3.05, 3.63) is 94.6 Å². The van der Waals surface area contributed by atoms with E-state index in [1.807, 2.05) is 0 Å². The molecule has 0 amide bonds. The summed E-state index contributed by atoms with van der Waals surface area (Å²) in [6.45, 7) is 1.27. The Morgan fingerprint density at radius 3 is 2.49 bits per heavy atom. The van der Waals surface area contributed by atoms with Gasteiger partial charge in [-0.25, -0.2) is 9.79 Å². The van der Waals surface area contributed by atoms with Crippen LogP contribution in [0.4, 0.5) is 13.2 Å². The zero-order chi connectivity index (χ0) is 25.5. The summed E-state index contributed by atoms with van der Waals surface area (Å²) < 4.78 is 48.1. The van der Waals surface area contributed by atoms with Crippen LogP contribution in [0, 0.1) is 0 Å². The SMILES string of the molecule is CCOC(=O)C1=C(C(F)(F)F)N=c2s/c(=C\c3cc(Cl)ccc3O)c(=O)n2[C@@H]1c1ccc(Cl)cc1. The monoisotopic (exact) mass is 542 g/mol. The summed E-state index contributed by atoms with van der Waals surface area (Å²) >= 11 is 12.6. The molecule has 0 saturated heterocycles. The smallest absolute Gasteiger partial charge is 0.434 e. The first-order valence-corrected chi connectivity index (χ1v) is 11.6. The maximum absolute atomic E-state index is 14.1. The molecule has 3 aromatic rings. The van der Waals surface area contributed by atoms with Crippen LogP contribution in [0.5, 0.6) is 5.75 Å². The number of halogens is 5. The van der Waals surface area contributed by atoms with E-state index in [0.717, 1.165) is 4.57 Å². The molecule has 0 radical (unpaired) electrons. The summed E-state index contributed by atoms with van der Waals surface area (Å²) in [5, 5.41) is 10.7. The fourth-order valence-electron chi connectivity index (χ4n) is 3.58. The van der Waals surface area contributed by atoms with Crippen LogP contribution in [-0.4, -0.2) is 28.4 Å². The second-order valence-corrected chi connectivity index (χ2v) is 9.20. The Bertz CT molecular complexity index is 1530. The molecule has 1 atom stereocenters. The lowest BCUT2D eigenvalue weighted by Gasteiger charge is -2.26. The van der Waals surface area contributed by atoms with Crippen molar-refractivity contribution in [2.45, 2.75) is 19.1 Å². The largest absolute Gasteiger partial charge is 0.507 e. The van der Waals surface area contributed by atoms with Crippen LogP contribution < -0.4 is 14.9 Å². The number of fused-ring (bicyclic) bond motifs is 1. The molecule has 4 rings (SSSR count). The predicted molar refractivity (Wildman–Crippen MR) is 125 cm³/mol. The molecule has 2 aromatic carbocycles. The molecule has 0 spiro atoms. The first-order valence-electron chi connectivity index (χ1n) is 10.1. The van der Waals surface area contributed by atoms with Crippen LogP contribution in [0.2, 0.25) is 10.0 Å². The number of esters is 1. The quantitative estimate of drug-likeness (QED) is 0.497. The molecular weight excluding hydrogens is 528 g/mol. The average Bonchev–Trinajstić information content (AvgIpc) is 3.10. The second-order valence-electron chi connectivity index (χ2n) is 7.32. The highest BCUT2D eigenvalue weighted by Crippen LogP contribution is 2.38. The standard InChI is InChI=1S/C23H15Cl2F3N2O4S/c1-2-34-21(33)17-18(11-3-5-13(24)6-4-11)30-20(32)16(10-12-9-14(25)7-8-15(12)31)35-22(30)29-19(17)23(26,27)28/h3-10,18,31H,2H2,1H3/b16-10-/t18-/m1/s1. The van der Waals surface area contributed by atoms with Crippen molar-refractivity contribution in [3.8, 4) is 5.75 Å². The normalized spacial score (nSPS) is 16.2.